The maximum atomic E-state index is 6.26. The third-order valence-electron chi connectivity index (χ3n) is 3.32. The van der Waals surface area contributed by atoms with E-state index in [1.54, 1.807) is 0 Å². The van der Waals surface area contributed by atoms with Gasteiger partial charge < -0.3 is 10.1 Å². The van der Waals surface area contributed by atoms with E-state index in [2.05, 4.69) is 11.4 Å². The summed E-state index contributed by atoms with van der Waals surface area (Å²) in [4.78, 5) is 0. The molecule has 1 atom stereocenters. The van der Waals surface area contributed by atoms with Gasteiger partial charge in [0.15, 0.2) is 0 Å². The number of nitrogens with one attached hydrogen (secondary N) is 1. The maximum absolute atomic E-state index is 6.26. The number of benzene rings is 1. The molecule has 0 spiro atoms. The molecule has 0 aliphatic carbocycles. The second kappa shape index (κ2) is 3.78. The van der Waals surface area contributed by atoms with Crippen LogP contribution in [0.1, 0.15) is 22.6 Å². The second-order valence-electron chi connectivity index (χ2n) is 4.26. The molecule has 80 valence electrons. The summed E-state index contributed by atoms with van der Waals surface area (Å²) in [5.41, 5.74) is 4.13. The van der Waals surface area contributed by atoms with Crippen molar-refractivity contribution in [2.45, 2.75) is 18.9 Å². The van der Waals surface area contributed by atoms with Crippen molar-refractivity contribution in [1.82, 2.24) is 5.32 Å². The van der Waals surface area contributed by atoms with Crippen LogP contribution >= 0.6 is 11.6 Å². The summed E-state index contributed by atoms with van der Waals surface area (Å²) in [6.07, 6.45) is 1.04. The Bertz CT molecular complexity index is 391. The third-order valence-corrected chi connectivity index (χ3v) is 3.67. The van der Waals surface area contributed by atoms with Crippen molar-refractivity contribution in [2.75, 3.05) is 19.7 Å². The smallest absolute Gasteiger partial charge is 0.0720 e. The lowest BCUT2D eigenvalue weighted by molar-refractivity contribution is 0.0913. The van der Waals surface area contributed by atoms with Gasteiger partial charge in [-0.15, -0.1) is 0 Å². The van der Waals surface area contributed by atoms with Gasteiger partial charge in [-0.25, -0.2) is 0 Å². The van der Waals surface area contributed by atoms with Crippen molar-refractivity contribution in [3.05, 3.63) is 33.8 Å². The van der Waals surface area contributed by atoms with Crippen molar-refractivity contribution in [3.63, 3.8) is 0 Å². The first-order valence-corrected chi connectivity index (χ1v) is 5.82. The topological polar surface area (TPSA) is 21.3 Å². The summed E-state index contributed by atoms with van der Waals surface area (Å²) >= 11 is 6.26. The van der Waals surface area contributed by atoms with Crippen LogP contribution in [0.5, 0.6) is 0 Å². The second-order valence-corrected chi connectivity index (χ2v) is 4.67. The van der Waals surface area contributed by atoms with E-state index in [0.717, 1.165) is 37.7 Å². The Morgan fingerprint density at radius 2 is 2.33 bits per heavy atom. The lowest BCUT2D eigenvalue weighted by Gasteiger charge is -2.26. The van der Waals surface area contributed by atoms with Gasteiger partial charge in [-0.05, 0) is 35.7 Å². The molecule has 2 aliphatic rings. The van der Waals surface area contributed by atoms with Crippen LogP contribution in [0.4, 0.5) is 0 Å². The molecule has 0 aromatic heterocycles. The first-order valence-electron chi connectivity index (χ1n) is 5.45. The lowest BCUT2D eigenvalue weighted by atomic mass is 9.88. The molecule has 1 aromatic carbocycles. The normalized spacial score (nSPS) is 24.5. The number of hydrogen-bond donors (Lipinski definition) is 1. The zero-order valence-electron chi connectivity index (χ0n) is 8.55. The standard InChI is InChI=1S/C12H14ClNO/c13-11-2-1-8-6-15-7-9-5-14-4-3-10(11)12(8)9/h1-2,9,14H,3-7H2. The Hall–Kier alpha value is -0.570. The summed E-state index contributed by atoms with van der Waals surface area (Å²) in [6.45, 7) is 3.61. The Balaban J connectivity index is 2.19. The monoisotopic (exact) mass is 223 g/mol. The summed E-state index contributed by atoms with van der Waals surface area (Å²) < 4.78 is 5.60. The summed E-state index contributed by atoms with van der Waals surface area (Å²) in [7, 11) is 0. The average molecular weight is 224 g/mol. The minimum Gasteiger partial charge on any atom is -0.376 e. The van der Waals surface area contributed by atoms with Crippen LogP contribution in [0.25, 0.3) is 0 Å². The minimum absolute atomic E-state index is 0.491. The molecular weight excluding hydrogens is 210 g/mol. The fourth-order valence-electron chi connectivity index (χ4n) is 2.62. The van der Waals surface area contributed by atoms with Gasteiger partial charge in [-0.3, -0.25) is 0 Å². The summed E-state index contributed by atoms with van der Waals surface area (Å²) in [5.74, 6) is 0.491. The van der Waals surface area contributed by atoms with Crippen molar-refractivity contribution in [2.24, 2.45) is 0 Å². The Morgan fingerprint density at radius 1 is 1.40 bits per heavy atom. The lowest BCUT2D eigenvalue weighted by Crippen LogP contribution is -2.26. The molecule has 0 saturated heterocycles. The van der Waals surface area contributed by atoms with Crippen molar-refractivity contribution in [1.29, 1.82) is 0 Å². The molecule has 2 nitrogen and oxygen atoms in total. The van der Waals surface area contributed by atoms with Crippen molar-refractivity contribution < 1.29 is 4.74 Å². The van der Waals surface area contributed by atoms with Crippen LogP contribution in [0, 0.1) is 0 Å². The van der Waals surface area contributed by atoms with E-state index in [0.29, 0.717) is 5.92 Å². The Labute approximate surface area is 94.6 Å². The molecule has 15 heavy (non-hydrogen) atoms. The van der Waals surface area contributed by atoms with Gasteiger partial charge >= 0.3 is 0 Å². The molecular formula is C12H14ClNO. The van der Waals surface area contributed by atoms with E-state index in [9.17, 15) is 0 Å². The number of ether oxygens (including phenoxy) is 1. The first-order chi connectivity index (χ1) is 7.36. The highest BCUT2D eigenvalue weighted by Crippen LogP contribution is 2.34. The van der Waals surface area contributed by atoms with Gasteiger partial charge in [0.25, 0.3) is 0 Å². The fraction of sp³-hybridized carbons (Fsp3) is 0.500. The van der Waals surface area contributed by atoms with Crippen LogP contribution in [-0.4, -0.2) is 19.7 Å². The van der Waals surface area contributed by atoms with E-state index in [4.69, 9.17) is 16.3 Å². The molecule has 1 aromatic rings. The molecule has 1 unspecified atom stereocenters. The zero-order valence-corrected chi connectivity index (χ0v) is 9.31. The average Bonchev–Trinajstić information content (AvgIpc) is 2.48. The van der Waals surface area contributed by atoms with Crippen molar-refractivity contribution in [3.8, 4) is 0 Å². The number of halogens is 1. The highest BCUT2D eigenvalue weighted by atomic mass is 35.5. The molecule has 2 aliphatic heterocycles. The predicted molar refractivity (Wildman–Crippen MR) is 60.4 cm³/mol. The van der Waals surface area contributed by atoms with Gasteiger partial charge in [0.2, 0.25) is 0 Å². The Kier molecular flexibility index (Phi) is 2.43. The van der Waals surface area contributed by atoms with E-state index in [1.165, 1.54) is 16.7 Å². The van der Waals surface area contributed by atoms with Gasteiger partial charge in [0.05, 0.1) is 13.2 Å². The van der Waals surface area contributed by atoms with Crippen LogP contribution < -0.4 is 5.32 Å². The molecule has 0 radical (unpaired) electrons. The molecule has 0 bridgehead atoms. The molecule has 0 saturated carbocycles. The van der Waals surface area contributed by atoms with Gasteiger partial charge in [0.1, 0.15) is 0 Å². The fourth-order valence-corrected chi connectivity index (χ4v) is 2.88. The molecule has 0 fully saturated rings. The maximum Gasteiger partial charge on any atom is 0.0720 e. The largest absolute Gasteiger partial charge is 0.376 e. The quantitative estimate of drug-likeness (QED) is 0.728. The van der Waals surface area contributed by atoms with Gasteiger partial charge in [-0.1, -0.05) is 17.7 Å². The molecule has 3 heteroatoms. The Morgan fingerprint density at radius 3 is 3.27 bits per heavy atom. The summed E-state index contributed by atoms with van der Waals surface area (Å²) in [6, 6.07) is 4.12. The van der Waals surface area contributed by atoms with Crippen molar-refractivity contribution >= 4 is 11.6 Å². The van der Waals surface area contributed by atoms with Crippen LogP contribution in [0.3, 0.4) is 0 Å². The van der Waals surface area contributed by atoms with E-state index in [1.807, 2.05) is 6.07 Å². The van der Waals surface area contributed by atoms with Crippen LogP contribution in [-0.2, 0) is 17.8 Å². The number of rotatable bonds is 0. The predicted octanol–water partition coefficient (Wildman–Crippen LogP) is 2.10. The highest BCUT2D eigenvalue weighted by molar-refractivity contribution is 6.31. The molecule has 2 heterocycles. The minimum atomic E-state index is 0.491. The van der Waals surface area contributed by atoms with Gasteiger partial charge in [0, 0.05) is 17.5 Å². The molecule has 3 rings (SSSR count). The van der Waals surface area contributed by atoms with E-state index in [-0.39, 0.29) is 0 Å². The zero-order chi connectivity index (χ0) is 10.3. The first kappa shape index (κ1) is 9.64. The van der Waals surface area contributed by atoms with E-state index >= 15 is 0 Å². The van der Waals surface area contributed by atoms with Crippen LogP contribution in [0.2, 0.25) is 5.02 Å². The highest BCUT2D eigenvalue weighted by Gasteiger charge is 2.26. The SMILES string of the molecule is Clc1ccc2c3c1CCNCC3COC2. The number of hydrogen-bond acceptors (Lipinski definition) is 2. The third kappa shape index (κ3) is 1.57. The molecule has 1 N–H and O–H groups in total. The molecule has 0 amide bonds. The summed E-state index contributed by atoms with van der Waals surface area (Å²) in [5, 5.41) is 4.37. The van der Waals surface area contributed by atoms with Gasteiger partial charge in [-0.2, -0.15) is 0 Å². The van der Waals surface area contributed by atoms with Crippen LogP contribution in [0.15, 0.2) is 12.1 Å². The van der Waals surface area contributed by atoms with E-state index < -0.39 is 0 Å².